The fraction of sp³-hybridized carbons (Fsp3) is 0.423. The maximum absolute atomic E-state index is 12.7. The Morgan fingerprint density at radius 1 is 1.15 bits per heavy atom. The first-order chi connectivity index (χ1) is 18.8. The van der Waals surface area contributed by atoms with Crippen molar-refractivity contribution in [3.05, 3.63) is 64.7 Å². The van der Waals surface area contributed by atoms with Gasteiger partial charge < -0.3 is 20.3 Å². The normalized spacial score (nSPS) is 25.9. The van der Waals surface area contributed by atoms with Crippen molar-refractivity contribution < 1.29 is 29.3 Å². The number of aldehydes is 1. The Balaban J connectivity index is 1.64. The molecule has 0 saturated carbocycles. The summed E-state index contributed by atoms with van der Waals surface area (Å²) in [5.41, 5.74) is -3.29. The molecule has 0 bridgehead atoms. The number of morpholine rings is 1. The fourth-order valence-corrected chi connectivity index (χ4v) is 5.10. The lowest BCUT2D eigenvalue weighted by atomic mass is 9.53. The van der Waals surface area contributed by atoms with Crippen LogP contribution in [0.15, 0.2) is 42.5 Å². The summed E-state index contributed by atoms with van der Waals surface area (Å²) in [6.45, 7) is 3.26. The van der Waals surface area contributed by atoms with Gasteiger partial charge in [-0.3, -0.25) is 29.5 Å². The first-order valence-corrected chi connectivity index (χ1v) is 12.7. The summed E-state index contributed by atoms with van der Waals surface area (Å²) in [6, 6.07) is 10.7. The van der Waals surface area contributed by atoms with E-state index in [-0.39, 0.29) is 12.1 Å². The largest absolute Gasteiger partial charge is 0.395 e. The number of carbonyl (C=O) groups is 3. The van der Waals surface area contributed by atoms with Crippen LogP contribution in [0.5, 0.6) is 0 Å². The number of benzene rings is 2. The Kier molecular flexibility index (Phi) is 8.68. The Morgan fingerprint density at radius 3 is 2.50 bits per heavy atom. The van der Waals surface area contributed by atoms with E-state index in [0.717, 1.165) is 18.7 Å². The van der Waals surface area contributed by atoms with Gasteiger partial charge in [0.2, 0.25) is 5.91 Å². The Bertz CT molecular complexity index is 1290. The van der Waals surface area contributed by atoms with Gasteiger partial charge in [0.25, 0.3) is 5.91 Å². The van der Waals surface area contributed by atoms with Crippen molar-refractivity contribution in [3.8, 4) is 0 Å². The van der Waals surface area contributed by atoms with Gasteiger partial charge in [0, 0.05) is 37.4 Å². The van der Waals surface area contributed by atoms with Gasteiger partial charge in [-0.05, 0) is 35.1 Å². The van der Waals surface area contributed by atoms with Crippen LogP contribution in [0, 0.1) is 0 Å². The predicted molar refractivity (Wildman–Crippen MR) is 151 cm³/mol. The highest BCUT2D eigenvalue weighted by atomic mass is 16.5. The average molecular weight is 536 g/mol. The van der Waals surface area contributed by atoms with E-state index in [4.69, 9.17) is 36.1 Å². The van der Waals surface area contributed by atoms with Crippen LogP contribution in [-0.4, -0.2) is 120 Å². The third-order valence-corrected chi connectivity index (χ3v) is 7.35. The SMILES string of the molecule is [B]C([B])(Nc1cccc(C=O)c1CN(C)C1C(=O)NC(=O)C([B])(O)C1([B])O)c1ccccc1CN1CCOCC1. The van der Waals surface area contributed by atoms with Crippen molar-refractivity contribution in [1.29, 1.82) is 0 Å². The average Bonchev–Trinajstić information content (AvgIpc) is 2.89. The van der Waals surface area contributed by atoms with Gasteiger partial charge in [-0.2, -0.15) is 0 Å². The monoisotopic (exact) mass is 536 g/mol. The minimum Gasteiger partial charge on any atom is -0.395 e. The van der Waals surface area contributed by atoms with Crippen molar-refractivity contribution in [2.45, 2.75) is 35.5 Å². The molecule has 4 N–H and O–H groups in total. The lowest BCUT2D eigenvalue weighted by Gasteiger charge is -2.49. The van der Waals surface area contributed by atoms with E-state index in [1.54, 1.807) is 18.2 Å². The van der Waals surface area contributed by atoms with Crippen molar-refractivity contribution in [2.75, 3.05) is 38.7 Å². The zero-order chi connectivity index (χ0) is 29.3. The molecule has 10 nitrogen and oxygen atoms in total. The number of hydrogen-bond donors (Lipinski definition) is 4. The van der Waals surface area contributed by atoms with Crippen LogP contribution >= 0.6 is 0 Å². The van der Waals surface area contributed by atoms with E-state index in [1.165, 1.54) is 11.9 Å². The predicted octanol–water partition coefficient (Wildman–Crippen LogP) is -1.94. The Hall–Kier alpha value is -2.89. The quantitative estimate of drug-likeness (QED) is 0.165. The highest BCUT2D eigenvalue weighted by Crippen LogP contribution is 2.32. The standard InChI is InChI=1S/C26H28B4N4O6/c1-33(21-22(36)31-23(37)25(28,39)24(21,27)38)14-18-17(15-35)6-4-8-20(18)32-26(29,30)19-7-3-2-5-16(19)13-34-9-11-40-12-10-34/h2-8,15,21,32,38-39H,9-14H2,1H3,(H,31,36,37). The molecule has 3 atom stereocenters. The first kappa shape index (κ1) is 30.1. The number of amides is 2. The molecule has 14 heteroatoms. The second-order valence-corrected chi connectivity index (χ2v) is 10.3. The molecule has 2 heterocycles. The number of nitrogens with one attached hydrogen (secondary N) is 2. The van der Waals surface area contributed by atoms with Gasteiger partial charge in [-0.1, -0.05) is 36.4 Å². The molecule has 0 aliphatic carbocycles. The van der Waals surface area contributed by atoms with Crippen LogP contribution in [-0.2, 0) is 32.8 Å². The summed E-state index contributed by atoms with van der Waals surface area (Å²) >= 11 is 0. The molecule has 4 rings (SSSR count). The number of likely N-dealkylation sites (N-methyl/N-ethyl adjacent to an activating group) is 1. The van der Waals surface area contributed by atoms with E-state index >= 15 is 0 Å². The van der Waals surface area contributed by atoms with Crippen molar-refractivity contribution >= 4 is 55.2 Å². The summed E-state index contributed by atoms with van der Waals surface area (Å²) in [5.74, 6) is -2.32. The first-order valence-electron chi connectivity index (χ1n) is 12.7. The van der Waals surface area contributed by atoms with Gasteiger partial charge in [0.05, 0.1) is 34.4 Å². The molecule has 8 radical (unpaired) electrons. The van der Waals surface area contributed by atoms with Crippen LogP contribution in [0.1, 0.15) is 27.0 Å². The molecule has 3 unspecified atom stereocenters. The minimum absolute atomic E-state index is 0.162. The molecule has 2 aromatic carbocycles. The molecule has 2 amide bonds. The van der Waals surface area contributed by atoms with Crippen LogP contribution in [0.25, 0.3) is 0 Å². The van der Waals surface area contributed by atoms with Crippen LogP contribution in [0.4, 0.5) is 5.69 Å². The maximum Gasteiger partial charge on any atom is 0.250 e. The van der Waals surface area contributed by atoms with Gasteiger partial charge in [-0.15, -0.1) is 0 Å². The van der Waals surface area contributed by atoms with Gasteiger partial charge in [0.1, 0.15) is 33.5 Å². The molecule has 2 aliphatic rings. The second kappa shape index (κ2) is 11.5. The van der Waals surface area contributed by atoms with Crippen molar-refractivity contribution in [2.24, 2.45) is 0 Å². The summed E-state index contributed by atoms with van der Waals surface area (Å²) in [6.07, 6.45) is 0.619. The maximum atomic E-state index is 12.7. The number of hydrogen-bond acceptors (Lipinski definition) is 9. The molecular weight excluding hydrogens is 508 g/mol. The zero-order valence-corrected chi connectivity index (χ0v) is 22.2. The number of ether oxygens (including phenoxy) is 1. The smallest absolute Gasteiger partial charge is 0.250 e. The molecule has 0 aromatic heterocycles. The highest BCUT2D eigenvalue weighted by molar-refractivity contribution is 6.41. The Morgan fingerprint density at radius 2 is 1.82 bits per heavy atom. The molecule has 2 saturated heterocycles. The Labute approximate surface area is 238 Å². The van der Waals surface area contributed by atoms with E-state index in [2.05, 4.69) is 10.2 Å². The lowest BCUT2D eigenvalue weighted by Crippen LogP contribution is -2.79. The van der Waals surface area contributed by atoms with Crippen LogP contribution in [0.2, 0.25) is 0 Å². The highest BCUT2D eigenvalue weighted by Gasteiger charge is 2.59. The topological polar surface area (TPSA) is 131 Å². The number of piperidine rings is 1. The summed E-state index contributed by atoms with van der Waals surface area (Å²) < 4.78 is 5.44. The summed E-state index contributed by atoms with van der Waals surface area (Å²) in [7, 11) is 26.1. The van der Waals surface area contributed by atoms with Crippen LogP contribution in [0.3, 0.4) is 0 Å². The number of imide groups is 1. The van der Waals surface area contributed by atoms with E-state index in [0.29, 0.717) is 42.9 Å². The number of anilines is 1. The third-order valence-electron chi connectivity index (χ3n) is 7.35. The van der Waals surface area contributed by atoms with Gasteiger partial charge in [-0.25, -0.2) is 0 Å². The number of rotatable bonds is 9. The van der Waals surface area contributed by atoms with E-state index in [9.17, 15) is 24.6 Å². The fourth-order valence-electron chi connectivity index (χ4n) is 5.10. The zero-order valence-electron chi connectivity index (χ0n) is 22.2. The third kappa shape index (κ3) is 5.77. The number of carbonyl (C=O) groups excluding carboxylic acids is 3. The minimum atomic E-state index is -2.96. The van der Waals surface area contributed by atoms with E-state index in [1.807, 2.05) is 29.6 Å². The van der Waals surface area contributed by atoms with Gasteiger partial charge >= 0.3 is 0 Å². The second-order valence-electron chi connectivity index (χ2n) is 10.3. The van der Waals surface area contributed by atoms with E-state index < -0.39 is 34.2 Å². The molecular formula is C26H28B4N4O6. The van der Waals surface area contributed by atoms with Crippen LogP contribution < -0.4 is 10.6 Å². The molecule has 2 aliphatic heterocycles. The van der Waals surface area contributed by atoms with Gasteiger partial charge in [0.15, 0.2) is 0 Å². The lowest BCUT2D eigenvalue weighted by molar-refractivity contribution is -0.168. The molecule has 200 valence electrons. The van der Waals surface area contributed by atoms with Crippen molar-refractivity contribution in [3.63, 3.8) is 0 Å². The summed E-state index contributed by atoms with van der Waals surface area (Å²) in [4.78, 5) is 40.2. The number of aliphatic hydroxyl groups is 2. The molecule has 40 heavy (non-hydrogen) atoms. The number of nitrogens with zero attached hydrogens (tertiary/aromatic N) is 2. The summed E-state index contributed by atoms with van der Waals surface area (Å²) in [5, 5.41) is 24.6. The molecule has 2 aromatic rings. The molecule has 2 fully saturated rings. The van der Waals surface area contributed by atoms with Crippen molar-refractivity contribution in [1.82, 2.24) is 15.1 Å². The molecule has 0 spiro atoms.